The molecule has 2 aromatic heterocycles. The number of aryl methyl sites for hydroxylation is 1. The minimum atomic E-state index is 0.948. The summed E-state index contributed by atoms with van der Waals surface area (Å²) in [5, 5.41) is 0. The van der Waals surface area contributed by atoms with Gasteiger partial charge < -0.3 is 4.57 Å². The first kappa shape index (κ1) is 13.8. The normalized spacial score (nSPS) is 11.1. The van der Waals surface area contributed by atoms with Crippen LogP contribution in [0.25, 0.3) is 22.6 Å². The second kappa shape index (κ2) is 6.53. The van der Waals surface area contributed by atoms with E-state index in [1.165, 1.54) is 31.2 Å². The van der Waals surface area contributed by atoms with Gasteiger partial charge in [-0.15, -0.1) is 0 Å². The van der Waals surface area contributed by atoms with Gasteiger partial charge in [-0.3, -0.25) is 4.98 Å². The molecule has 1 aromatic carbocycles. The van der Waals surface area contributed by atoms with E-state index in [0.29, 0.717) is 0 Å². The van der Waals surface area contributed by atoms with Crippen molar-refractivity contribution in [3.05, 3.63) is 48.7 Å². The van der Waals surface area contributed by atoms with E-state index in [4.69, 9.17) is 4.98 Å². The average Bonchev–Trinajstić information content (AvgIpc) is 2.91. The number of unbranched alkanes of at least 4 members (excludes halogenated alkanes) is 3. The molecule has 0 aliphatic rings. The molecular weight excluding hydrogens is 258 g/mol. The molecular formula is C18H21N3. The summed E-state index contributed by atoms with van der Waals surface area (Å²) in [5.74, 6) is 0.980. The summed E-state index contributed by atoms with van der Waals surface area (Å²) in [6, 6.07) is 14.3. The Bertz CT molecular complexity index is 701. The highest BCUT2D eigenvalue weighted by molar-refractivity contribution is 5.79. The molecule has 0 saturated carbocycles. The van der Waals surface area contributed by atoms with Crippen molar-refractivity contribution < 1.29 is 0 Å². The van der Waals surface area contributed by atoms with Crippen LogP contribution in [0.15, 0.2) is 48.7 Å². The van der Waals surface area contributed by atoms with Gasteiger partial charge in [0.1, 0.15) is 5.69 Å². The van der Waals surface area contributed by atoms with E-state index in [-0.39, 0.29) is 0 Å². The first-order valence-corrected chi connectivity index (χ1v) is 7.77. The van der Waals surface area contributed by atoms with E-state index in [9.17, 15) is 0 Å². The molecule has 108 valence electrons. The predicted molar refractivity (Wildman–Crippen MR) is 87.1 cm³/mol. The maximum Gasteiger partial charge on any atom is 0.159 e. The molecule has 0 aliphatic carbocycles. The number of para-hydroxylation sites is 2. The molecule has 0 fully saturated rings. The molecule has 3 nitrogen and oxygen atoms in total. The highest BCUT2D eigenvalue weighted by Gasteiger charge is 2.12. The number of rotatable bonds is 6. The molecule has 0 spiro atoms. The predicted octanol–water partition coefficient (Wildman–Crippen LogP) is 4.68. The molecule has 0 atom stereocenters. The first-order valence-electron chi connectivity index (χ1n) is 7.77. The summed E-state index contributed by atoms with van der Waals surface area (Å²) >= 11 is 0. The zero-order valence-electron chi connectivity index (χ0n) is 12.5. The van der Waals surface area contributed by atoms with Crippen LogP contribution in [0.3, 0.4) is 0 Å². The van der Waals surface area contributed by atoms with Gasteiger partial charge in [-0.1, -0.05) is 44.4 Å². The summed E-state index contributed by atoms with van der Waals surface area (Å²) in [7, 11) is 0. The topological polar surface area (TPSA) is 30.7 Å². The Morgan fingerprint density at radius 3 is 2.62 bits per heavy atom. The van der Waals surface area contributed by atoms with Crippen molar-refractivity contribution in [2.45, 2.75) is 39.2 Å². The summed E-state index contributed by atoms with van der Waals surface area (Å²) in [6.07, 6.45) is 6.85. The van der Waals surface area contributed by atoms with Gasteiger partial charge in [0.05, 0.1) is 11.0 Å². The monoisotopic (exact) mass is 279 g/mol. The quantitative estimate of drug-likeness (QED) is 0.613. The fraction of sp³-hybridized carbons (Fsp3) is 0.333. The first-order chi connectivity index (χ1) is 10.4. The minimum absolute atomic E-state index is 0.948. The van der Waals surface area contributed by atoms with E-state index >= 15 is 0 Å². The Kier molecular flexibility index (Phi) is 4.29. The number of hydrogen-bond acceptors (Lipinski definition) is 2. The lowest BCUT2D eigenvalue weighted by molar-refractivity contribution is 0.594. The standard InChI is InChI=1S/C18H21N3/c1-2-3-4-9-14-21-17-12-6-5-10-15(17)20-18(21)16-11-7-8-13-19-16/h5-8,10-13H,2-4,9,14H2,1H3. The van der Waals surface area contributed by atoms with Crippen LogP contribution in [-0.2, 0) is 6.54 Å². The lowest BCUT2D eigenvalue weighted by Gasteiger charge is -2.08. The van der Waals surface area contributed by atoms with Crippen LogP contribution in [-0.4, -0.2) is 14.5 Å². The summed E-state index contributed by atoms with van der Waals surface area (Å²) in [6.45, 7) is 3.25. The van der Waals surface area contributed by atoms with Crippen molar-refractivity contribution in [2.24, 2.45) is 0 Å². The van der Waals surface area contributed by atoms with Crippen molar-refractivity contribution in [2.75, 3.05) is 0 Å². The van der Waals surface area contributed by atoms with E-state index in [2.05, 4.69) is 34.7 Å². The maximum absolute atomic E-state index is 4.78. The van der Waals surface area contributed by atoms with Gasteiger partial charge >= 0.3 is 0 Å². The van der Waals surface area contributed by atoms with Crippen molar-refractivity contribution in [1.29, 1.82) is 0 Å². The minimum Gasteiger partial charge on any atom is -0.323 e. The Balaban J connectivity index is 1.98. The van der Waals surface area contributed by atoms with E-state index in [0.717, 1.165) is 23.6 Å². The SMILES string of the molecule is CCCCCCn1c(-c2ccccn2)nc2ccccc21. The van der Waals surface area contributed by atoms with Crippen LogP contribution < -0.4 is 0 Å². The largest absolute Gasteiger partial charge is 0.323 e. The molecule has 3 aromatic rings. The molecule has 21 heavy (non-hydrogen) atoms. The van der Waals surface area contributed by atoms with Crippen molar-refractivity contribution >= 4 is 11.0 Å². The lowest BCUT2D eigenvalue weighted by Crippen LogP contribution is -2.01. The lowest BCUT2D eigenvalue weighted by atomic mass is 10.2. The molecule has 3 rings (SSSR count). The van der Waals surface area contributed by atoms with E-state index in [1.54, 1.807) is 0 Å². The summed E-state index contributed by atoms with van der Waals surface area (Å²) < 4.78 is 2.31. The number of nitrogens with zero attached hydrogens (tertiary/aromatic N) is 3. The molecule has 0 N–H and O–H groups in total. The molecule has 0 unspecified atom stereocenters. The van der Waals surface area contributed by atoms with Gasteiger partial charge in [0.15, 0.2) is 5.82 Å². The highest BCUT2D eigenvalue weighted by Crippen LogP contribution is 2.24. The van der Waals surface area contributed by atoms with Crippen LogP contribution in [0, 0.1) is 0 Å². The molecule has 0 radical (unpaired) electrons. The Hall–Kier alpha value is -2.16. The van der Waals surface area contributed by atoms with Gasteiger partial charge in [-0.25, -0.2) is 4.98 Å². The molecule has 0 aliphatic heterocycles. The second-order valence-corrected chi connectivity index (χ2v) is 5.35. The Morgan fingerprint density at radius 2 is 1.81 bits per heavy atom. The van der Waals surface area contributed by atoms with Crippen LogP contribution in [0.4, 0.5) is 0 Å². The molecule has 0 saturated heterocycles. The smallest absolute Gasteiger partial charge is 0.159 e. The van der Waals surface area contributed by atoms with Crippen LogP contribution >= 0.6 is 0 Å². The van der Waals surface area contributed by atoms with Crippen molar-refractivity contribution in [1.82, 2.24) is 14.5 Å². The third-order valence-corrected chi connectivity index (χ3v) is 3.78. The fourth-order valence-corrected chi connectivity index (χ4v) is 2.69. The van der Waals surface area contributed by atoms with Crippen LogP contribution in [0.2, 0.25) is 0 Å². The van der Waals surface area contributed by atoms with Gasteiger partial charge in [0, 0.05) is 12.7 Å². The van der Waals surface area contributed by atoms with Gasteiger partial charge in [0.25, 0.3) is 0 Å². The summed E-state index contributed by atoms with van der Waals surface area (Å²) in [4.78, 5) is 9.25. The number of pyridine rings is 1. The number of fused-ring (bicyclic) bond motifs is 1. The number of benzene rings is 1. The third-order valence-electron chi connectivity index (χ3n) is 3.78. The number of hydrogen-bond donors (Lipinski definition) is 0. The number of aromatic nitrogens is 3. The van der Waals surface area contributed by atoms with Gasteiger partial charge in [-0.2, -0.15) is 0 Å². The van der Waals surface area contributed by atoms with Gasteiger partial charge in [0.2, 0.25) is 0 Å². The maximum atomic E-state index is 4.78. The van der Waals surface area contributed by atoms with Crippen molar-refractivity contribution in [3.8, 4) is 11.5 Å². The van der Waals surface area contributed by atoms with E-state index in [1.807, 2.05) is 30.5 Å². The average molecular weight is 279 g/mol. The zero-order valence-corrected chi connectivity index (χ0v) is 12.5. The van der Waals surface area contributed by atoms with Crippen LogP contribution in [0.5, 0.6) is 0 Å². The second-order valence-electron chi connectivity index (χ2n) is 5.35. The molecule has 0 bridgehead atoms. The van der Waals surface area contributed by atoms with Gasteiger partial charge in [-0.05, 0) is 30.7 Å². The van der Waals surface area contributed by atoms with Crippen molar-refractivity contribution in [3.63, 3.8) is 0 Å². The third kappa shape index (κ3) is 2.97. The number of imidazole rings is 1. The fourth-order valence-electron chi connectivity index (χ4n) is 2.69. The molecule has 3 heteroatoms. The molecule has 0 amide bonds. The Morgan fingerprint density at radius 1 is 0.952 bits per heavy atom. The van der Waals surface area contributed by atoms with Crippen LogP contribution in [0.1, 0.15) is 32.6 Å². The van der Waals surface area contributed by atoms with E-state index < -0.39 is 0 Å². The Labute approximate surface area is 125 Å². The zero-order chi connectivity index (χ0) is 14.5. The molecule has 2 heterocycles. The highest BCUT2D eigenvalue weighted by atomic mass is 15.1. The summed E-state index contributed by atoms with van der Waals surface area (Å²) in [5.41, 5.74) is 3.20.